The number of benzene rings is 1. The van der Waals surface area contributed by atoms with Crippen LogP contribution in [0, 0.1) is 5.92 Å². The first-order valence-electron chi connectivity index (χ1n) is 5.30. The van der Waals surface area contributed by atoms with Gasteiger partial charge in [-0.2, -0.15) is 0 Å². The number of carbonyl (C=O) groups is 1. The first-order chi connectivity index (χ1) is 7.51. The van der Waals surface area contributed by atoms with Gasteiger partial charge in [0.15, 0.2) is 5.78 Å². The van der Waals surface area contributed by atoms with Gasteiger partial charge < -0.3 is 15.3 Å². The summed E-state index contributed by atoms with van der Waals surface area (Å²) in [6.45, 7) is 3.75. The second kappa shape index (κ2) is 4.88. The molecule has 0 unspecified atom stereocenters. The highest BCUT2D eigenvalue weighted by Crippen LogP contribution is 2.34. The molecule has 16 heavy (non-hydrogen) atoms. The summed E-state index contributed by atoms with van der Waals surface area (Å²) < 4.78 is 0. The Morgan fingerprint density at radius 3 is 1.94 bits per heavy atom. The van der Waals surface area contributed by atoms with E-state index < -0.39 is 0 Å². The average Bonchev–Trinajstić information content (AvgIpc) is 2.17. The molecule has 0 amide bonds. The minimum atomic E-state index is -0.380. The summed E-state index contributed by atoms with van der Waals surface area (Å²) in [5.74, 6) is -1.54. The lowest BCUT2D eigenvalue weighted by atomic mass is 9.92. The molecule has 0 aliphatic heterocycles. The van der Waals surface area contributed by atoms with Crippen LogP contribution in [0.15, 0.2) is 12.1 Å². The van der Waals surface area contributed by atoms with Crippen LogP contribution in [0.1, 0.15) is 37.0 Å². The smallest absolute Gasteiger partial charge is 0.173 e. The topological polar surface area (TPSA) is 77.8 Å². The molecule has 0 radical (unpaired) electrons. The molecule has 4 nitrogen and oxygen atoms in total. The third-order valence-electron chi connectivity index (χ3n) is 2.68. The van der Waals surface area contributed by atoms with Crippen LogP contribution in [0.3, 0.4) is 0 Å². The van der Waals surface area contributed by atoms with Crippen molar-refractivity contribution >= 4 is 5.78 Å². The maximum Gasteiger partial charge on any atom is 0.173 e. The first-order valence-corrected chi connectivity index (χ1v) is 5.30. The van der Waals surface area contributed by atoms with E-state index in [1.54, 1.807) is 0 Å². The first kappa shape index (κ1) is 12.4. The standard InChI is InChI=1S/C12H16O4/c1-3-7(4-2)12(16)11-9(14)5-8(13)6-10(11)15/h5-7,13-15H,3-4H2,1-2H3. The van der Waals surface area contributed by atoms with E-state index in [1.807, 2.05) is 13.8 Å². The summed E-state index contributed by atoms with van der Waals surface area (Å²) in [6.07, 6.45) is 1.30. The fourth-order valence-electron chi connectivity index (χ4n) is 1.71. The van der Waals surface area contributed by atoms with Crippen molar-refractivity contribution < 1.29 is 20.1 Å². The van der Waals surface area contributed by atoms with Gasteiger partial charge in [0.2, 0.25) is 0 Å². The molecule has 4 heteroatoms. The van der Waals surface area contributed by atoms with E-state index in [0.717, 1.165) is 12.1 Å². The number of rotatable bonds is 4. The molecule has 0 aromatic heterocycles. The number of carbonyl (C=O) groups excluding carboxylic acids is 1. The van der Waals surface area contributed by atoms with E-state index >= 15 is 0 Å². The quantitative estimate of drug-likeness (QED) is 0.686. The van der Waals surface area contributed by atoms with Crippen molar-refractivity contribution in [1.29, 1.82) is 0 Å². The number of phenols is 3. The molecule has 0 aliphatic rings. The second-order valence-corrected chi connectivity index (χ2v) is 3.74. The SMILES string of the molecule is CCC(CC)C(=O)c1c(O)cc(O)cc1O. The summed E-state index contributed by atoms with van der Waals surface area (Å²) in [5, 5.41) is 28.2. The highest BCUT2D eigenvalue weighted by Gasteiger charge is 2.23. The maximum atomic E-state index is 12.0. The van der Waals surface area contributed by atoms with Crippen LogP contribution in [0.4, 0.5) is 0 Å². The lowest BCUT2D eigenvalue weighted by Crippen LogP contribution is -2.13. The normalized spacial score (nSPS) is 10.7. The van der Waals surface area contributed by atoms with Crippen molar-refractivity contribution in [1.82, 2.24) is 0 Å². The minimum Gasteiger partial charge on any atom is -0.508 e. The third-order valence-corrected chi connectivity index (χ3v) is 2.68. The van der Waals surface area contributed by atoms with Crippen LogP contribution in [-0.4, -0.2) is 21.1 Å². The highest BCUT2D eigenvalue weighted by molar-refractivity contribution is 6.02. The fourth-order valence-corrected chi connectivity index (χ4v) is 1.71. The van der Waals surface area contributed by atoms with Crippen molar-refractivity contribution in [2.24, 2.45) is 5.92 Å². The molecule has 1 rings (SSSR count). The van der Waals surface area contributed by atoms with Gasteiger partial charge in [-0.25, -0.2) is 0 Å². The van der Waals surface area contributed by atoms with Crippen LogP contribution in [0.2, 0.25) is 0 Å². The van der Waals surface area contributed by atoms with Gasteiger partial charge in [-0.3, -0.25) is 4.79 Å². The van der Waals surface area contributed by atoms with Crippen LogP contribution >= 0.6 is 0 Å². The molecule has 1 aromatic carbocycles. The van der Waals surface area contributed by atoms with E-state index in [0.29, 0.717) is 12.8 Å². The number of hydrogen-bond acceptors (Lipinski definition) is 4. The van der Waals surface area contributed by atoms with Crippen molar-refractivity contribution in [2.45, 2.75) is 26.7 Å². The van der Waals surface area contributed by atoms with Gasteiger partial charge in [0.25, 0.3) is 0 Å². The van der Waals surface area contributed by atoms with E-state index in [-0.39, 0.29) is 34.5 Å². The number of ketones is 1. The van der Waals surface area contributed by atoms with E-state index in [1.165, 1.54) is 0 Å². The van der Waals surface area contributed by atoms with Gasteiger partial charge in [0, 0.05) is 18.1 Å². The maximum absolute atomic E-state index is 12.0. The van der Waals surface area contributed by atoms with Gasteiger partial charge in [0.05, 0.1) is 0 Å². The van der Waals surface area contributed by atoms with Crippen LogP contribution in [0.5, 0.6) is 17.2 Å². The molecule has 88 valence electrons. The zero-order valence-electron chi connectivity index (χ0n) is 9.40. The Labute approximate surface area is 94.2 Å². The van der Waals surface area contributed by atoms with Gasteiger partial charge in [-0.05, 0) is 12.8 Å². The van der Waals surface area contributed by atoms with Gasteiger partial charge >= 0.3 is 0 Å². The highest BCUT2D eigenvalue weighted by atomic mass is 16.3. The van der Waals surface area contributed by atoms with Gasteiger partial charge in [-0.15, -0.1) is 0 Å². The van der Waals surface area contributed by atoms with Crippen molar-refractivity contribution in [2.75, 3.05) is 0 Å². The van der Waals surface area contributed by atoms with Crippen molar-refractivity contribution in [3.63, 3.8) is 0 Å². The summed E-state index contributed by atoms with van der Waals surface area (Å²) in [5.41, 5.74) is -0.105. The summed E-state index contributed by atoms with van der Waals surface area (Å²) in [4.78, 5) is 12.0. The monoisotopic (exact) mass is 224 g/mol. The lowest BCUT2D eigenvalue weighted by molar-refractivity contribution is 0.0907. The Balaban J connectivity index is 3.18. The summed E-state index contributed by atoms with van der Waals surface area (Å²) in [7, 11) is 0. The van der Waals surface area contributed by atoms with Crippen molar-refractivity contribution in [3.05, 3.63) is 17.7 Å². The van der Waals surface area contributed by atoms with Crippen molar-refractivity contribution in [3.8, 4) is 17.2 Å². The van der Waals surface area contributed by atoms with E-state index in [2.05, 4.69) is 0 Å². The summed E-state index contributed by atoms with van der Waals surface area (Å²) >= 11 is 0. The number of hydrogen-bond donors (Lipinski definition) is 3. The molecular formula is C12H16O4. The molecule has 0 aliphatic carbocycles. The van der Waals surface area contributed by atoms with Gasteiger partial charge in [-0.1, -0.05) is 13.8 Å². The van der Waals surface area contributed by atoms with Gasteiger partial charge in [0.1, 0.15) is 22.8 Å². The van der Waals surface area contributed by atoms with E-state index in [9.17, 15) is 15.0 Å². The number of Topliss-reactive ketones (excluding diaryl/α,β-unsaturated/α-hetero) is 1. The molecular weight excluding hydrogens is 208 g/mol. The largest absolute Gasteiger partial charge is 0.508 e. The minimum absolute atomic E-state index is 0.105. The van der Waals surface area contributed by atoms with Crippen LogP contribution < -0.4 is 0 Å². The van der Waals surface area contributed by atoms with Crippen LogP contribution in [0.25, 0.3) is 0 Å². The zero-order chi connectivity index (χ0) is 12.3. The molecule has 1 aromatic rings. The molecule has 0 atom stereocenters. The molecule has 0 saturated carbocycles. The Morgan fingerprint density at radius 1 is 1.12 bits per heavy atom. The predicted molar refractivity (Wildman–Crippen MR) is 59.8 cm³/mol. The Bertz CT molecular complexity index is 371. The molecule has 0 fully saturated rings. The molecule has 0 spiro atoms. The number of phenolic OH excluding ortho intramolecular Hbond substituents is 3. The Kier molecular flexibility index (Phi) is 3.77. The molecule has 0 heterocycles. The molecule has 0 bridgehead atoms. The second-order valence-electron chi connectivity index (χ2n) is 3.74. The third kappa shape index (κ3) is 2.27. The predicted octanol–water partition coefficient (Wildman–Crippen LogP) is 2.42. The fraction of sp³-hybridized carbons (Fsp3) is 0.417. The zero-order valence-corrected chi connectivity index (χ0v) is 9.40. The van der Waals surface area contributed by atoms with Crippen LogP contribution in [-0.2, 0) is 0 Å². The Morgan fingerprint density at radius 2 is 1.56 bits per heavy atom. The molecule has 0 saturated heterocycles. The Hall–Kier alpha value is -1.71. The number of aromatic hydroxyl groups is 3. The van der Waals surface area contributed by atoms with E-state index in [4.69, 9.17) is 5.11 Å². The molecule has 3 N–H and O–H groups in total. The average molecular weight is 224 g/mol. The lowest BCUT2D eigenvalue weighted by Gasteiger charge is -2.13. The summed E-state index contributed by atoms with van der Waals surface area (Å²) in [6, 6.07) is 2.10.